The van der Waals surface area contributed by atoms with Crippen molar-refractivity contribution in [1.82, 2.24) is 15.1 Å². The molecule has 3 rings (SSSR count). The molecule has 162 valence electrons. The zero-order chi connectivity index (χ0) is 22.4. The number of aryl methyl sites for hydroxylation is 1. The molecule has 2 heterocycles. The molecule has 0 saturated heterocycles. The van der Waals surface area contributed by atoms with Gasteiger partial charge in [0.05, 0.1) is 11.9 Å². The van der Waals surface area contributed by atoms with Crippen molar-refractivity contribution >= 4 is 17.5 Å². The standard InChI is InChI=1S/C22H25N5O4/c1-22(2,3)21-26-19(31-27-21)9-5-8-17(28)25-15-10-11-18(24-13-15)30-16-7-4-6-14(12-16)20(23)29/h4,6-7,10-13H,5,8-9H2,1-3H3,(H2,23,29)(H,25,28). The molecule has 0 aliphatic rings. The molecule has 0 fully saturated rings. The predicted octanol–water partition coefficient (Wildman–Crippen LogP) is 3.61. The molecule has 0 unspecified atom stereocenters. The summed E-state index contributed by atoms with van der Waals surface area (Å²) in [7, 11) is 0. The first-order valence-electron chi connectivity index (χ1n) is 9.87. The highest BCUT2D eigenvalue weighted by Gasteiger charge is 2.20. The van der Waals surface area contributed by atoms with Crippen molar-refractivity contribution < 1.29 is 18.8 Å². The van der Waals surface area contributed by atoms with Gasteiger partial charge in [0.15, 0.2) is 5.82 Å². The minimum absolute atomic E-state index is 0.139. The van der Waals surface area contributed by atoms with E-state index >= 15 is 0 Å². The number of pyridine rings is 1. The van der Waals surface area contributed by atoms with Crippen LogP contribution < -0.4 is 15.8 Å². The number of carbonyl (C=O) groups excluding carboxylic acids is 2. The van der Waals surface area contributed by atoms with Crippen molar-refractivity contribution in [2.75, 3.05) is 5.32 Å². The Bertz CT molecular complexity index is 1050. The van der Waals surface area contributed by atoms with E-state index < -0.39 is 5.91 Å². The molecule has 2 amide bonds. The Morgan fingerprint density at radius 1 is 1.19 bits per heavy atom. The molecule has 9 nitrogen and oxygen atoms in total. The maximum Gasteiger partial charge on any atom is 0.248 e. The third kappa shape index (κ3) is 6.36. The lowest BCUT2D eigenvalue weighted by Gasteiger charge is -2.10. The zero-order valence-electron chi connectivity index (χ0n) is 17.7. The van der Waals surface area contributed by atoms with E-state index in [1.54, 1.807) is 30.3 Å². The van der Waals surface area contributed by atoms with Gasteiger partial charge in [0.25, 0.3) is 0 Å². The van der Waals surface area contributed by atoms with Gasteiger partial charge in [-0.25, -0.2) is 4.98 Å². The van der Waals surface area contributed by atoms with Crippen LogP contribution in [0.25, 0.3) is 0 Å². The van der Waals surface area contributed by atoms with Crippen LogP contribution in [0.5, 0.6) is 11.6 Å². The first-order chi connectivity index (χ1) is 14.7. The van der Waals surface area contributed by atoms with Gasteiger partial charge in [0.1, 0.15) is 5.75 Å². The Kier molecular flexibility index (Phi) is 6.64. The Balaban J connectivity index is 1.47. The molecule has 3 N–H and O–H groups in total. The fourth-order valence-electron chi connectivity index (χ4n) is 2.63. The van der Waals surface area contributed by atoms with Crippen LogP contribution in [0.15, 0.2) is 47.1 Å². The predicted molar refractivity (Wildman–Crippen MR) is 114 cm³/mol. The third-order valence-electron chi connectivity index (χ3n) is 4.29. The molecule has 1 aromatic carbocycles. The smallest absolute Gasteiger partial charge is 0.248 e. The number of hydrogen-bond donors (Lipinski definition) is 2. The van der Waals surface area contributed by atoms with Crippen LogP contribution >= 0.6 is 0 Å². The third-order valence-corrected chi connectivity index (χ3v) is 4.29. The number of primary amides is 1. The van der Waals surface area contributed by atoms with E-state index in [1.807, 2.05) is 20.8 Å². The topological polar surface area (TPSA) is 133 Å². The number of rotatable bonds is 8. The largest absolute Gasteiger partial charge is 0.439 e. The van der Waals surface area contributed by atoms with Gasteiger partial charge in [-0.05, 0) is 30.7 Å². The summed E-state index contributed by atoms with van der Waals surface area (Å²) in [5.41, 5.74) is 5.99. The van der Waals surface area contributed by atoms with Gasteiger partial charge < -0.3 is 20.3 Å². The average Bonchev–Trinajstić information content (AvgIpc) is 3.19. The number of nitrogens with two attached hydrogens (primary N) is 1. The highest BCUT2D eigenvalue weighted by atomic mass is 16.5. The van der Waals surface area contributed by atoms with Crippen molar-refractivity contribution in [3.8, 4) is 11.6 Å². The molecule has 9 heteroatoms. The van der Waals surface area contributed by atoms with E-state index in [9.17, 15) is 9.59 Å². The number of benzene rings is 1. The Hall–Kier alpha value is -3.75. The van der Waals surface area contributed by atoms with Crippen molar-refractivity contribution in [1.29, 1.82) is 0 Å². The number of anilines is 1. The zero-order valence-corrected chi connectivity index (χ0v) is 17.7. The minimum atomic E-state index is -0.537. The Labute approximate surface area is 180 Å². The number of carbonyl (C=O) groups is 2. The lowest BCUT2D eigenvalue weighted by molar-refractivity contribution is -0.116. The van der Waals surface area contributed by atoms with E-state index in [4.69, 9.17) is 15.0 Å². The summed E-state index contributed by atoms with van der Waals surface area (Å²) in [6.45, 7) is 6.03. The number of nitrogens with one attached hydrogen (secondary N) is 1. The molecule has 0 aliphatic heterocycles. The van der Waals surface area contributed by atoms with Crippen molar-refractivity contribution in [3.05, 3.63) is 59.9 Å². The van der Waals surface area contributed by atoms with Crippen LogP contribution in [-0.2, 0) is 16.6 Å². The fraction of sp³-hybridized carbons (Fsp3) is 0.318. The number of amides is 2. The second kappa shape index (κ2) is 9.38. The summed E-state index contributed by atoms with van der Waals surface area (Å²) in [6, 6.07) is 9.81. The number of hydrogen-bond acceptors (Lipinski definition) is 7. The van der Waals surface area contributed by atoms with Crippen molar-refractivity contribution in [2.45, 2.75) is 45.4 Å². The molecule has 0 bridgehead atoms. The SMILES string of the molecule is CC(C)(C)c1noc(CCCC(=O)Nc2ccc(Oc3cccc(C(N)=O)c3)nc2)n1. The molecule has 2 aromatic heterocycles. The first-order valence-corrected chi connectivity index (χ1v) is 9.87. The van der Waals surface area contributed by atoms with E-state index in [2.05, 4.69) is 20.4 Å². The normalized spacial score (nSPS) is 11.2. The van der Waals surface area contributed by atoms with Gasteiger partial charge in [-0.2, -0.15) is 4.98 Å². The van der Waals surface area contributed by atoms with Crippen LogP contribution in [0, 0.1) is 0 Å². The summed E-state index contributed by atoms with van der Waals surface area (Å²) < 4.78 is 10.8. The van der Waals surface area contributed by atoms with Crippen molar-refractivity contribution in [2.24, 2.45) is 5.73 Å². The monoisotopic (exact) mass is 423 g/mol. The maximum absolute atomic E-state index is 12.2. The highest BCUT2D eigenvalue weighted by Crippen LogP contribution is 2.22. The lowest BCUT2D eigenvalue weighted by Crippen LogP contribution is -2.13. The minimum Gasteiger partial charge on any atom is -0.439 e. The Morgan fingerprint density at radius 2 is 2.00 bits per heavy atom. The maximum atomic E-state index is 12.2. The Morgan fingerprint density at radius 3 is 2.65 bits per heavy atom. The number of ether oxygens (including phenoxy) is 1. The van der Waals surface area contributed by atoms with Gasteiger partial charge in [-0.3, -0.25) is 9.59 Å². The highest BCUT2D eigenvalue weighted by molar-refractivity contribution is 5.93. The van der Waals surface area contributed by atoms with Gasteiger partial charge in [0.2, 0.25) is 23.6 Å². The quantitative estimate of drug-likeness (QED) is 0.565. The van der Waals surface area contributed by atoms with Crippen LogP contribution in [-0.4, -0.2) is 26.9 Å². The summed E-state index contributed by atoms with van der Waals surface area (Å²) in [4.78, 5) is 31.9. The van der Waals surface area contributed by atoms with Crippen LogP contribution in [0.3, 0.4) is 0 Å². The van der Waals surface area contributed by atoms with Gasteiger partial charge >= 0.3 is 0 Å². The van der Waals surface area contributed by atoms with Crippen LogP contribution in [0.4, 0.5) is 5.69 Å². The molecule has 0 spiro atoms. The molecule has 0 saturated carbocycles. The van der Waals surface area contributed by atoms with Gasteiger partial charge in [0, 0.05) is 29.9 Å². The molecular weight excluding hydrogens is 398 g/mol. The molecule has 3 aromatic rings. The first kappa shape index (κ1) is 21.9. The molecule has 0 aliphatic carbocycles. The second-order valence-electron chi connectivity index (χ2n) is 8.04. The number of aromatic nitrogens is 3. The summed E-state index contributed by atoms with van der Waals surface area (Å²) >= 11 is 0. The van der Waals surface area contributed by atoms with Gasteiger partial charge in [-0.1, -0.05) is 32.0 Å². The van der Waals surface area contributed by atoms with Gasteiger partial charge in [-0.15, -0.1) is 0 Å². The number of nitrogens with zero attached hydrogens (tertiary/aromatic N) is 3. The van der Waals surface area contributed by atoms with Crippen molar-refractivity contribution in [3.63, 3.8) is 0 Å². The molecule has 31 heavy (non-hydrogen) atoms. The average molecular weight is 423 g/mol. The lowest BCUT2D eigenvalue weighted by atomic mass is 9.96. The van der Waals surface area contributed by atoms with E-state index in [-0.39, 0.29) is 11.3 Å². The fourth-order valence-corrected chi connectivity index (χ4v) is 2.63. The summed E-state index contributed by atoms with van der Waals surface area (Å²) in [5.74, 6) is 1.27. The van der Waals surface area contributed by atoms with E-state index in [0.717, 1.165) is 0 Å². The van der Waals surface area contributed by atoms with Crippen LogP contribution in [0.2, 0.25) is 0 Å². The molecular formula is C22H25N5O4. The molecule has 0 radical (unpaired) electrons. The molecule has 0 atom stereocenters. The second-order valence-corrected chi connectivity index (χ2v) is 8.04. The van der Waals surface area contributed by atoms with E-state index in [0.29, 0.717) is 53.9 Å². The summed E-state index contributed by atoms with van der Waals surface area (Å²) in [5, 5.41) is 6.76. The van der Waals surface area contributed by atoms with Crippen LogP contribution in [0.1, 0.15) is 55.7 Å². The summed E-state index contributed by atoms with van der Waals surface area (Å²) in [6.07, 6.45) is 2.93. The van der Waals surface area contributed by atoms with E-state index in [1.165, 1.54) is 12.3 Å².